The van der Waals surface area contributed by atoms with Gasteiger partial charge in [-0.3, -0.25) is 0 Å². The summed E-state index contributed by atoms with van der Waals surface area (Å²) < 4.78 is 12.2. The Hall–Kier alpha value is -3.17. The van der Waals surface area contributed by atoms with Crippen molar-refractivity contribution in [3.05, 3.63) is 31.5 Å². The van der Waals surface area contributed by atoms with Gasteiger partial charge < -0.3 is 34.6 Å². The smallest absolute Gasteiger partial charge is 0.409 e. The number of likely N-dealkylation sites (N-methyl/N-ethyl adjacent to an activating group) is 1. The average Bonchev–Trinajstić information content (AvgIpc) is 2.78. The van der Waals surface area contributed by atoms with Gasteiger partial charge in [-0.1, -0.05) is 0 Å². The van der Waals surface area contributed by atoms with Crippen LogP contribution in [-0.4, -0.2) is 111 Å². The Kier molecular flexibility index (Phi) is 11.9. The molecule has 0 aliphatic carbocycles. The lowest BCUT2D eigenvalue weighted by molar-refractivity contribution is 0.0824. The molecule has 0 fully saturated rings. The number of carbonyl (C=O) groups excluding carboxylic acids is 2. The molecule has 0 aliphatic heterocycles. The topological polar surface area (TPSA) is 186 Å². The summed E-state index contributed by atoms with van der Waals surface area (Å²) in [6.07, 6.45) is -1.61. The van der Waals surface area contributed by atoms with E-state index in [0.29, 0.717) is 0 Å². The minimum absolute atomic E-state index is 0.0302. The fraction of sp³-hybridized carbons (Fsp3) is 0.722. The molecule has 0 unspecified atom stereocenters. The molecule has 0 bridgehead atoms. The van der Waals surface area contributed by atoms with E-state index >= 15 is 0 Å². The largest absolute Gasteiger partial charge is 0.448 e. The number of nitrogens with zero attached hydrogens (tertiary/aromatic N) is 5. The highest BCUT2D eigenvalue weighted by Crippen LogP contribution is 1.94. The maximum absolute atomic E-state index is 12.7. The Morgan fingerprint density at radius 2 is 1.18 bits per heavy atom. The Bertz CT molecular complexity index is 947. The molecular formula is C18H31N5O10. The first-order valence-corrected chi connectivity index (χ1v) is 10.3. The van der Waals surface area contributed by atoms with E-state index in [4.69, 9.17) is 24.8 Å². The second kappa shape index (κ2) is 14.1. The van der Waals surface area contributed by atoms with E-state index in [0.717, 1.165) is 23.5 Å². The number of carbonyl (C=O) groups is 2. The fourth-order valence-electron chi connectivity index (χ4n) is 2.76. The quantitative estimate of drug-likeness (QED) is 0.259. The monoisotopic (exact) mass is 477 g/mol. The molecular weight excluding hydrogens is 446 g/mol. The maximum atomic E-state index is 12.7. The molecule has 0 radical (unpaired) electrons. The summed E-state index contributed by atoms with van der Waals surface area (Å²) in [6.45, 7) is -0.946. The van der Waals surface area contributed by atoms with E-state index in [1.165, 1.54) is 14.0 Å². The van der Waals surface area contributed by atoms with Gasteiger partial charge in [0.1, 0.15) is 13.2 Å². The number of hydrogen-bond donors (Lipinski definition) is 3. The first kappa shape index (κ1) is 27.9. The molecule has 0 saturated carbocycles. The minimum Gasteiger partial charge on any atom is -0.448 e. The van der Waals surface area contributed by atoms with Crippen LogP contribution in [0.1, 0.15) is 6.92 Å². The number of ether oxygens (including phenoxy) is 2. The molecule has 1 aromatic heterocycles. The van der Waals surface area contributed by atoms with Crippen LogP contribution < -0.4 is 17.1 Å². The molecule has 188 valence electrons. The summed E-state index contributed by atoms with van der Waals surface area (Å²) in [6, 6.07) is 0. The van der Waals surface area contributed by atoms with Gasteiger partial charge in [0.15, 0.2) is 0 Å². The lowest BCUT2D eigenvalue weighted by Gasteiger charge is -2.20. The average molecular weight is 477 g/mol. The number of aromatic nitrogens is 3. The normalized spacial score (nSPS) is 10.7. The third-order valence-electron chi connectivity index (χ3n) is 4.53. The number of amides is 2. The molecule has 15 heteroatoms. The highest BCUT2D eigenvalue weighted by molar-refractivity contribution is 5.67. The highest BCUT2D eigenvalue weighted by atomic mass is 16.6. The number of aliphatic hydroxyl groups is 3. The fourth-order valence-corrected chi connectivity index (χ4v) is 2.76. The van der Waals surface area contributed by atoms with Crippen molar-refractivity contribution in [1.29, 1.82) is 0 Å². The lowest BCUT2D eigenvalue weighted by atomic mass is 10.5. The van der Waals surface area contributed by atoms with Gasteiger partial charge in [0, 0.05) is 33.2 Å². The van der Waals surface area contributed by atoms with Crippen LogP contribution in [0.4, 0.5) is 9.59 Å². The van der Waals surface area contributed by atoms with Crippen molar-refractivity contribution in [2.75, 3.05) is 59.7 Å². The van der Waals surface area contributed by atoms with Gasteiger partial charge in [0.25, 0.3) is 0 Å². The van der Waals surface area contributed by atoms with Crippen molar-refractivity contribution < 1.29 is 34.4 Å². The van der Waals surface area contributed by atoms with E-state index in [2.05, 4.69) is 0 Å². The maximum Gasteiger partial charge on any atom is 0.409 e. The van der Waals surface area contributed by atoms with E-state index in [1.807, 2.05) is 0 Å². The van der Waals surface area contributed by atoms with Gasteiger partial charge in [0.05, 0.1) is 32.9 Å². The van der Waals surface area contributed by atoms with E-state index < -0.39 is 29.3 Å². The van der Waals surface area contributed by atoms with E-state index in [1.54, 1.807) is 0 Å². The molecule has 0 aliphatic rings. The molecule has 3 N–H and O–H groups in total. The zero-order valence-electron chi connectivity index (χ0n) is 18.7. The third-order valence-corrected chi connectivity index (χ3v) is 4.53. The predicted octanol–water partition coefficient (Wildman–Crippen LogP) is -3.32. The van der Waals surface area contributed by atoms with Crippen LogP contribution in [0.25, 0.3) is 0 Å². The second-order valence-corrected chi connectivity index (χ2v) is 6.70. The van der Waals surface area contributed by atoms with Crippen LogP contribution >= 0.6 is 0 Å². The van der Waals surface area contributed by atoms with Gasteiger partial charge in [-0.25, -0.2) is 37.7 Å². The van der Waals surface area contributed by atoms with Gasteiger partial charge in [0.2, 0.25) is 0 Å². The van der Waals surface area contributed by atoms with Gasteiger partial charge in [-0.05, 0) is 6.92 Å². The molecule has 1 heterocycles. The third kappa shape index (κ3) is 7.73. The minimum atomic E-state index is -0.965. The Morgan fingerprint density at radius 3 is 1.61 bits per heavy atom. The summed E-state index contributed by atoms with van der Waals surface area (Å²) in [7, 11) is 1.40. The standard InChI is InChI=1S/C18H31N5O10/c1-3-21-14(27)22(7-12-32-17(30)19(2)4-9-24)16(29)23(15(21)28)8-13-33-18(31)20(5-10-25)6-11-26/h24-26H,3-13H2,1-2H3. The highest BCUT2D eigenvalue weighted by Gasteiger charge is 2.18. The first-order valence-electron chi connectivity index (χ1n) is 10.3. The van der Waals surface area contributed by atoms with Crippen molar-refractivity contribution in [2.45, 2.75) is 26.6 Å². The molecule has 1 rings (SSSR count). The summed E-state index contributed by atoms with van der Waals surface area (Å²) in [5.74, 6) is 0. The number of rotatable bonds is 13. The molecule has 2 amide bonds. The Morgan fingerprint density at radius 1 is 0.758 bits per heavy atom. The van der Waals surface area contributed by atoms with Gasteiger partial charge in [-0.15, -0.1) is 0 Å². The molecule has 0 aromatic carbocycles. The van der Waals surface area contributed by atoms with Crippen LogP contribution in [0.2, 0.25) is 0 Å². The van der Waals surface area contributed by atoms with Crippen LogP contribution in [-0.2, 0) is 29.1 Å². The second-order valence-electron chi connectivity index (χ2n) is 6.70. The van der Waals surface area contributed by atoms with Crippen LogP contribution in [0.5, 0.6) is 0 Å². The number of aliphatic hydroxyl groups excluding tert-OH is 3. The predicted molar refractivity (Wildman–Crippen MR) is 113 cm³/mol. The molecule has 0 atom stereocenters. The van der Waals surface area contributed by atoms with Crippen LogP contribution in [0.15, 0.2) is 14.4 Å². The van der Waals surface area contributed by atoms with Crippen molar-refractivity contribution in [2.24, 2.45) is 0 Å². The lowest BCUT2D eigenvalue weighted by Crippen LogP contribution is -2.55. The van der Waals surface area contributed by atoms with Gasteiger partial charge >= 0.3 is 29.3 Å². The molecule has 1 aromatic rings. The Balaban J connectivity index is 2.98. The van der Waals surface area contributed by atoms with E-state index in [9.17, 15) is 24.0 Å². The molecule has 0 spiro atoms. The zero-order chi connectivity index (χ0) is 25.0. The molecule has 15 nitrogen and oxygen atoms in total. The van der Waals surface area contributed by atoms with Crippen LogP contribution in [0.3, 0.4) is 0 Å². The zero-order valence-corrected chi connectivity index (χ0v) is 18.7. The Labute approximate surface area is 188 Å². The van der Waals surface area contributed by atoms with Crippen molar-refractivity contribution in [3.63, 3.8) is 0 Å². The van der Waals surface area contributed by atoms with Crippen LogP contribution in [0, 0.1) is 0 Å². The summed E-state index contributed by atoms with van der Waals surface area (Å²) in [5.41, 5.74) is -2.73. The molecule has 33 heavy (non-hydrogen) atoms. The summed E-state index contributed by atoms with van der Waals surface area (Å²) in [4.78, 5) is 63.7. The van der Waals surface area contributed by atoms with E-state index in [-0.39, 0.29) is 72.3 Å². The summed E-state index contributed by atoms with van der Waals surface area (Å²) >= 11 is 0. The number of hydrogen-bond acceptors (Lipinski definition) is 10. The van der Waals surface area contributed by atoms with Crippen molar-refractivity contribution in [3.8, 4) is 0 Å². The van der Waals surface area contributed by atoms with Crippen molar-refractivity contribution in [1.82, 2.24) is 23.5 Å². The first-order chi connectivity index (χ1) is 15.7. The van der Waals surface area contributed by atoms with Gasteiger partial charge in [-0.2, -0.15) is 0 Å². The molecule has 0 saturated heterocycles. The SMILES string of the molecule is CCn1c(=O)n(CCOC(=O)N(C)CCO)c(=O)n(CCOC(=O)N(CCO)CCO)c1=O. The van der Waals surface area contributed by atoms with Crippen molar-refractivity contribution >= 4 is 12.2 Å². The summed E-state index contributed by atoms with van der Waals surface area (Å²) in [5, 5.41) is 26.8.